The summed E-state index contributed by atoms with van der Waals surface area (Å²) in [6.45, 7) is 14.6. The molecule has 94 heavy (non-hydrogen) atoms. The van der Waals surface area contributed by atoms with E-state index in [0.717, 1.165) is 44.1 Å². The first kappa shape index (κ1) is 72.4. The van der Waals surface area contributed by atoms with Gasteiger partial charge in [0.25, 0.3) is 5.69 Å². The van der Waals surface area contributed by atoms with Gasteiger partial charge in [0.15, 0.2) is 35.6 Å². The SMILES string of the molecule is CC(C)(CCCCC#N)CN(C[C@@H](O)[C@H](Cc1ccccc1)NC(=O)O[C@H]1CO[C@H]2OCC[C@H]21)S(=O)(=O)c1ccc2c(c1)OCO2.CC(C)CN(CC(C)(C)CCCCC#N)S(=O)(=O)c1ccc2c(c1)OCO2.O=C(Oc1ccc([N+](=O)[O-])cc1)O[C@H]1CO[C@H]2OCC[C@H]21. The van der Waals surface area contributed by atoms with Crippen LogP contribution in [-0.2, 0) is 54.9 Å². The first-order valence-electron chi connectivity index (χ1n) is 31.7. The van der Waals surface area contributed by atoms with Gasteiger partial charge in [-0.05, 0) is 104 Å². The van der Waals surface area contributed by atoms with Crippen molar-refractivity contribution in [1.29, 1.82) is 10.5 Å². The first-order chi connectivity index (χ1) is 44.8. The molecular weight excluding hydrogens is 1260 g/mol. The number of rotatable bonds is 28. The molecule has 0 saturated carbocycles. The Labute approximate surface area is 549 Å². The summed E-state index contributed by atoms with van der Waals surface area (Å²) < 4.78 is 117. The molecule has 10 rings (SSSR count). The summed E-state index contributed by atoms with van der Waals surface area (Å²) in [5, 5.41) is 42.7. The second kappa shape index (κ2) is 33.3. The Morgan fingerprint density at radius 1 is 0.681 bits per heavy atom. The van der Waals surface area contributed by atoms with Gasteiger partial charge in [0.1, 0.15) is 18.0 Å². The summed E-state index contributed by atoms with van der Waals surface area (Å²) >= 11 is 0. The minimum absolute atomic E-state index is 0.00132. The Bertz CT molecular complexity index is 3490. The van der Waals surface area contributed by atoms with E-state index in [4.69, 9.17) is 62.6 Å². The lowest BCUT2D eigenvalue weighted by molar-refractivity contribution is -0.384. The lowest BCUT2D eigenvalue weighted by Gasteiger charge is -2.35. The van der Waals surface area contributed by atoms with Gasteiger partial charge in [-0.1, -0.05) is 84.7 Å². The number of unbranched alkanes of at least 4 members (excludes halogenated alkanes) is 4. The normalized spacial score (nSPS) is 20.8. The van der Waals surface area contributed by atoms with E-state index in [0.29, 0.717) is 75.0 Å². The third kappa shape index (κ3) is 20.3. The van der Waals surface area contributed by atoms with E-state index in [2.05, 4.69) is 31.3 Å². The molecule has 8 atom stereocenters. The Hall–Kier alpha value is -7.38. The molecule has 512 valence electrons. The summed E-state index contributed by atoms with van der Waals surface area (Å²) in [5.41, 5.74) is 0.116. The second-order valence-corrected chi connectivity index (χ2v) is 29.7. The van der Waals surface area contributed by atoms with Crippen molar-refractivity contribution in [2.24, 2.45) is 28.6 Å². The number of sulfonamides is 2. The number of fused-ring (bicyclic) bond motifs is 4. The highest BCUT2D eigenvalue weighted by molar-refractivity contribution is 7.89. The Kier molecular flexibility index (Phi) is 25.7. The quantitative estimate of drug-likeness (QED) is 0.0175. The van der Waals surface area contributed by atoms with Crippen molar-refractivity contribution in [3.63, 3.8) is 0 Å². The Morgan fingerprint density at radius 3 is 1.66 bits per heavy atom. The van der Waals surface area contributed by atoms with Gasteiger partial charge >= 0.3 is 12.2 Å². The Balaban J connectivity index is 0.000000199. The van der Waals surface area contributed by atoms with E-state index in [9.17, 15) is 41.6 Å². The molecule has 0 unspecified atom stereocenters. The van der Waals surface area contributed by atoms with Gasteiger partial charge in [-0.3, -0.25) is 10.1 Å². The molecule has 0 spiro atoms. The number of ether oxygens (including phenoxy) is 11. The zero-order chi connectivity index (χ0) is 67.6. The van der Waals surface area contributed by atoms with Crippen molar-refractivity contribution in [2.75, 3.05) is 66.2 Å². The predicted molar refractivity (Wildman–Crippen MR) is 338 cm³/mol. The van der Waals surface area contributed by atoms with Gasteiger partial charge in [0, 0.05) is 63.3 Å². The number of amides is 1. The minimum Gasteiger partial charge on any atom is -0.454 e. The third-order valence-electron chi connectivity index (χ3n) is 16.7. The molecule has 28 heteroatoms. The molecule has 0 aromatic heterocycles. The van der Waals surface area contributed by atoms with Gasteiger partial charge in [-0.15, -0.1) is 0 Å². The number of carbonyl (C=O) groups is 2. The monoisotopic (exact) mass is 1350 g/mol. The fourth-order valence-electron chi connectivity index (χ4n) is 11.8. The van der Waals surface area contributed by atoms with Crippen LogP contribution >= 0.6 is 0 Å². The molecular formula is C66H86N6O20S2. The highest BCUT2D eigenvalue weighted by atomic mass is 32.2. The van der Waals surface area contributed by atoms with E-state index < -0.39 is 60.9 Å². The van der Waals surface area contributed by atoms with E-state index >= 15 is 0 Å². The molecule has 4 saturated heterocycles. The van der Waals surface area contributed by atoms with Crippen LogP contribution in [0.3, 0.4) is 0 Å². The van der Waals surface area contributed by atoms with Crippen LogP contribution < -0.4 is 29.0 Å². The third-order valence-corrected chi connectivity index (χ3v) is 20.3. The lowest BCUT2D eigenvalue weighted by Crippen LogP contribution is -2.52. The predicted octanol–water partition coefficient (Wildman–Crippen LogP) is 10.0. The van der Waals surface area contributed by atoms with Gasteiger partial charge < -0.3 is 62.5 Å². The van der Waals surface area contributed by atoms with Crippen molar-refractivity contribution in [3.05, 3.63) is 107 Å². The van der Waals surface area contributed by atoms with E-state index in [1.165, 1.54) is 40.7 Å². The molecule has 6 aliphatic heterocycles. The van der Waals surface area contributed by atoms with Crippen LogP contribution in [0.2, 0.25) is 0 Å². The lowest BCUT2D eigenvalue weighted by atomic mass is 9.86. The number of nitriles is 2. The molecule has 6 aliphatic rings. The van der Waals surface area contributed by atoms with Crippen LogP contribution in [-0.4, -0.2) is 151 Å². The summed E-state index contributed by atoms with van der Waals surface area (Å²) in [4.78, 5) is 35.1. The second-order valence-electron chi connectivity index (χ2n) is 25.8. The molecule has 0 radical (unpaired) electrons. The van der Waals surface area contributed by atoms with Gasteiger partial charge in [0.05, 0.1) is 77.3 Å². The van der Waals surface area contributed by atoms with E-state index in [-0.39, 0.29) is 109 Å². The van der Waals surface area contributed by atoms with Crippen molar-refractivity contribution < 1.29 is 88.6 Å². The number of aliphatic hydroxyl groups is 1. The summed E-state index contributed by atoms with van der Waals surface area (Å²) in [6.07, 6.45) is 3.05. The highest BCUT2D eigenvalue weighted by Gasteiger charge is 2.46. The molecule has 2 N–H and O–H groups in total. The summed E-state index contributed by atoms with van der Waals surface area (Å²) in [5.74, 6) is 2.20. The molecule has 4 aromatic carbocycles. The highest BCUT2D eigenvalue weighted by Crippen LogP contribution is 2.39. The maximum Gasteiger partial charge on any atom is 0.514 e. The smallest absolute Gasteiger partial charge is 0.454 e. The molecule has 0 bridgehead atoms. The number of nitro groups is 1. The number of aliphatic hydroxyl groups excluding tert-OH is 1. The molecule has 6 heterocycles. The van der Waals surface area contributed by atoms with Crippen LogP contribution in [0, 0.1) is 61.4 Å². The van der Waals surface area contributed by atoms with Gasteiger partial charge in [0.2, 0.25) is 33.6 Å². The van der Waals surface area contributed by atoms with Crippen LogP contribution in [0.15, 0.2) is 101 Å². The average molecular weight is 1350 g/mol. The maximum absolute atomic E-state index is 14.2. The van der Waals surface area contributed by atoms with E-state index in [1.807, 2.05) is 58.0 Å². The maximum atomic E-state index is 14.2. The number of nitro benzene ring substituents is 1. The molecule has 4 fully saturated rings. The van der Waals surface area contributed by atoms with Crippen LogP contribution in [0.4, 0.5) is 15.3 Å². The van der Waals surface area contributed by atoms with Gasteiger partial charge in [-0.2, -0.15) is 19.1 Å². The number of benzene rings is 4. The minimum atomic E-state index is -4.14. The van der Waals surface area contributed by atoms with Crippen LogP contribution in [0.25, 0.3) is 0 Å². The summed E-state index contributed by atoms with van der Waals surface area (Å²) in [7, 11) is -7.78. The zero-order valence-corrected chi connectivity index (χ0v) is 55.6. The molecule has 4 aromatic rings. The number of nitrogens with one attached hydrogen (secondary N) is 1. The number of nitrogens with zero attached hydrogens (tertiary/aromatic N) is 5. The van der Waals surface area contributed by atoms with Crippen molar-refractivity contribution in [3.8, 4) is 40.9 Å². The average Bonchev–Trinajstić information content (AvgIpc) is 0.954. The fraction of sp³-hybridized carbons (Fsp3) is 0.576. The number of carbonyl (C=O) groups excluding carboxylic acids is 2. The topological polar surface area (TPSA) is 333 Å². The Morgan fingerprint density at radius 2 is 1.17 bits per heavy atom. The summed E-state index contributed by atoms with van der Waals surface area (Å²) in [6, 6.07) is 27.2. The zero-order valence-electron chi connectivity index (χ0n) is 54.0. The van der Waals surface area contributed by atoms with Crippen LogP contribution in [0.5, 0.6) is 28.7 Å². The molecule has 26 nitrogen and oxygen atoms in total. The van der Waals surface area contributed by atoms with Crippen LogP contribution in [0.1, 0.15) is 111 Å². The molecule has 1 amide bonds. The fourth-order valence-corrected chi connectivity index (χ4v) is 15.3. The van der Waals surface area contributed by atoms with E-state index in [1.54, 1.807) is 28.6 Å². The number of hydrogen-bond donors (Lipinski definition) is 2. The number of alkyl carbamates (subject to hydrolysis) is 1. The van der Waals surface area contributed by atoms with Crippen molar-refractivity contribution in [2.45, 2.75) is 159 Å². The van der Waals surface area contributed by atoms with Crippen molar-refractivity contribution >= 4 is 38.0 Å². The number of hydrogen-bond acceptors (Lipinski definition) is 22. The largest absolute Gasteiger partial charge is 0.514 e. The number of non-ortho nitro benzene ring substituents is 1. The van der Waals surface area contributed by atoms with Gasteiger partial charge in [-0.25, -0.2) is 26.4 Å². The van der Waals surface area contributed by atoms with Crippen molar-refractivity contribution in [1.82, 2.24) is 13.9 Å². The first-order valence-corrected chi connectivity index (χ1v) is 34.5. The standard InChI is InChI=1S/C33H43N3O9S.C20H30N2O4S.C13H13NO7/c1-33(2,14-7-4-8-15-34)21-36(46(39,40)24-11-12-28-29(18-24)44-22-43-28)19-27(37)26(17-23-9-5-3-6-10-23)35-32(38)45-30-20-42-31-25(30)13-16-41-31;1-16(2)13-22(14-20(3,4)10-6-5-7-11-21)27(23,24)17-8-9-18-19(12-17)26-15-25-18;15-13(20-9-3-1-8(2-4-9)14(16)17)21-11-7-19-12-10(11)5-6-18-12/h3,5-6,9-12,18,25-27,30-31,37H,4,7-8,13-14,16-17,19-22H2,1-2H3,(H,35,38);8-9,12,16H,5-7,10,13-15H2,1-4H3;1-4,10-12H,5-7H2/t25-,26-,27+,30-,31+;;10-,11-,12+/m0.0/s1. The molecule has 0 aliphatic carbocycles.